The molecule has 0 radical (unpaired) electrons. The van der Waals surface area contributed by atoms with Gasteiger partial charge in [0, 0.05) is 44.7 Å². The molecule has 0 unspecified atom stereocenters. The van der Waals surface area contributed by atoms with E-state index in [9.17, 15) is 24.0 Å². The van der Waals surface area contributed by atoms with Crippen LogP contribution in [0, 0.1) is 0 Å². The van der Waals surface area contributed by atoms with Crippen molar-refractivity contribution in [3.05, 3.63) is 38.7 Å². The predicted molar refractivity (Wildman–Crippen MR) is 137 cm³/mol. The summed E-state index contributed by atoms with van der Waals surface area (Å²) in [4.78, 5) is 60.1. The van der Waals surface area contributed by atoms with Crippen LogP contribution in [0.1, 0.15) is 51.7 Å². The molecule has 2 heterocycles. The average molecular weight is 581 g/mol. The van der Waals surface area contributed by atoms with Crippen LogP contribution in [0.15, 0.2) is 21.3 Å². The number of ether oxygens (including phenoxy) is 6. The summed E-state index contributed by atoms with van der Waals surface area (Å²) in [6.07, 6.45) is -3.73. The van der Waals surface area contributed by atoms with Crippen molar-refractivity contribution in [2.75, 3.05) is 6.61 Å². The Balaban J connectivity index is 1.76. The lowest BCUT2D eigenvalue weighted by atomic mass is 9.90. The highest BCUT2D eigenvalue weighted by Crippen LogP contribution is 2.37. The lowest BCUT2D eigenvalue weighted by molar-refractivity contribution is -0.288. The van der Waals surface area contributed by atoms with Crippen molar-refractivity contribution < 1.29 is 52.0 Å². The molecule has 1 aromatic carbocycles. The molecule has 1 aliphatic heterocycles. The van der Waals surface area contributed by atoms with Crippen molar-refractivity contribution >= 4 is 46.4 Å². The summed E-state index contributed by atoms with van der Waals surface area (Å²) in [5.74, 6) is -2.95. The lowest BCUT2D eigenvalue weighted by Crippen LogP contribution is -2.63. The van der Waals surface area contributed by atoms with E-state index in [2.05, 4.69) is 0 Å². The van der Waals surface area contributed by atoms with E-state index in [1.165, 1.54) is 13.0 Å². The molecule has 12 nitrogen and oxygen atoms in total. The largest absolute Gasteiger partial charge is 0.463 e. The van der Waals surface area contributed by atoms with E-state index >= 15 is 0 Å². The Morgan fingerprint density at radius 3 is 2.08 bits per heavy atom. The number of rotatable bonds is 7. The molecule has 216 valence electrons. The van der Waals surface area contributed by atoms with Gasteiger partial charge in [-0.3, -0.25) is 19.2 Å². The number of aryl methyl sites for hydroxylation is 1. The lowest BCUT2D eigenvalue weighted by Gasteiger charge is -2.44. The third-order valence-electron chi connectivity index (χ3n) is 6.47. The Bertz CT molecular complexity index is 1380. The molecule has 0 spiro atoms. The first-order chi connectivity index (χ1) is 18.9. The van der Waals surface area contributed by atoms with E-state index in [4.69, 9.17) is 44.4 Å². The molecular formula is C27H29ClO12. The normalized spacial score (nSPS) is 24.0. The van der Waals surface area contributed by atoms with Crippen molar-refractivity contribution in [3.63, 3.8) is 0 Å². The Morgan fingerprint density at radius 2 is 1.45 bits per heavy atom. The van der Waals surface area contributed by atoms with E-state index < -0.39 is 66.8 Å². The molecular weight excluding hydrogens is 552 g/mol. The van der Waals surface area contributed by atoms with Crippen LogP contribution >= 0.6 is 11.6 Å². The number of benzene rings is 1. The van der Waals surface area contributed by atoms with Gasteiger partial charge in [0.15, 0.2) is 12.2 Å². The summed E-state index contributed by atoms with van der Waals surface area (Å²) >= 11 is 6.58. The van der Waals surface area contributed by atoms with Crippen LogP contribution in [-0.2, 0) is 55.7 Å². The summed E-state index contributed by atoms with van der Waals surface area (Å²) in [7, 11) is 0. The van der Waals surface area contributed by atoms with Gasteiger partial charge in [0.1, 0.15) is 24.0 Å². The van der Waals surface area contributed by atoms with Crippen LogP contribution in [0.2, 0.25) is 5.02 Å². The van der Waals surface area contributed by atoms with Crippen LogP contribution in [0.25, 0.3) is 11.0 Å². The Labute approximate surface area is 233 Å². The second-order valence-corrected chi connectivity index (χ2v) is 9.93. The minimum Gasteiger partial charge on any atom is -0.463 e. The standard InChI is InChI=1S/C27H29ClO12/c1-12(29)34-11-22-23(35-13(2)30)24(36-14(3)31)25(37-15(4)32)27(40-22)39-21-10-20-18(9-19(21)28)16-7-5-6-8-17(16)26(33)38-20/h9-10,22-25,27H,5-8,11H2,1-4H3/t22-,23-,24+,25-,27-/m0/s1. The van der Waals surface area contributed by atoms with Gasteiger partial charge in [-0.1, -0.05) is 11.6 Å². The Morgan fingerprint density at radius 1 is 0.850 bits per heavy atom. The van der Waals surface area contributed by atoms with Gasteiger partial charge in [0.2, 0.25) is 12.4 Å². The molecule has 5 atom stereocenters. The van der Waals surface area contributed by atoms with Gasteiger partial charge in [0.05, 0.1) is 5.02 Å². The SMILES string of the molecule is CC(=O)OC[C@@H]1O[C@H](Oc2cc3oc(=O)c4c(c3cc2Cl)CCCC4)[C@@H](OC(C)=O)[C@H](OC(C)=O)[C@H]1OC(C)=O. The van der Waals surface area contributed by atoms with E-state index in [0.717, 1.165) is 39.2 Å². The molecule has 13 heteroatoms. The maximum Gasteiger partial charge on any atom is 0.339 e. The number of fused-ring (bicyclic) bond motifs is 3. The molecule has 1 aromatic heterocycles. The van der Waals surface area contributed by atoms with Gasteiger partial charge in [-0.15, -0.1) is 0 Å². The zero-order valence-corrected chi connectivity index (χ0v) is 23.1. The zero-order chi connectivity index (χ0) is 29.1. The topological polar surface area (TPSA) is 154 Å². The Hall–Kier alpha value is -3.64. The Kier molecular flexibility index (Phi) is 8.99. The molecule has 4 rings (SSSR count). The van der Waals surface area contributed by atoms with Gasteiger partial charge in [-0.25, -0.2) is 4.79 Å². The number of halogens is 1. The summed E-state index contributed by atoms with van der Waals surface area (Å²) in [6, 6.07) is 3.03. The fourth-order valence-electron chi connectivity index (χ4n) is 4.94. The van der Waals surface area contributed by atoms with Gasteiger partial charge < -0.3 is 32.8 Å². The summed E-state index contributed by atoms with van der Waals surface area (Å²) < 4.78 is 38.8. The number of esters is 4. The number of carbonyl (C=O) groups is 4. The minimum atomic E-state index is -1.49. The highest BCUT2D eigenvalue weighted by atomic mass is 35.5. The second-order valence-electron chi connectivity index (χ2n) is 9.52. The first-order valence-electron chi connectivity index (χ1n) is 12.7. The van der Waals surface area contributed by atoms with Gasteiger partial charge in [0.25, 0.3) is 0 Å². The maximum absolute atomic E-state index is 12.6. The molecule has 0 saturated carbocycles. The van der Waals surface area contributed by atoms with Crippen LogP contribution < -0.4 is 10.4 Å². The highest BCUT2D eigenvalue weighted by molar-refractivity contribution is 6.32. The van der Waals surface area contributed by atoms with E-state index in [1.807, 2.05) is 0 Å². The van der Waals surface area contributed by atoms with Crippen LogP contribution in [-0.4, -0.2) is 61.2 Å². The third kappa shape index (κ3) is 6.56. The number of carbonyl (C=O) groups excluding carboxylic acids is 4. The number of hydrogen-bond donors (Lipinski definition) is 0. The average Bonchev–Trinajstić information content (AvgIpc) is 2.87. The van der Waals surface area contributed by atoms with Crippen LogP contribution in [0.5, 0.6) is 5.75 Å². The smallest absolute Gasteiger partial charge is 0.339 e. The molecule has 0 bridgehead atoms. The minimum absolute atomic E-state index is 0.00831. The zero-order valence-electron chi connectivity index (χ0n) is 22.4. The molecule has 2 aliphatic rings. The number of hydrogen-bond acceptors (Lipinski definition) is 12. The van der Waals surface area contributed by atoms with E-state index in [0.29, 0.717) is 23.8 Å². The maximum atomic E-state index is 12.6. The first-order valence-corrected chi connectivity index (χ1v) is 13.1. The summed E-state index contributed by atoms with van der Waals surface area (Å²) in [5.41, 5.74) is 1.29. The predicted octanol–water partition coefficient (Wildman–Crippen LogP) is 2.79. The van der Waals surface area contributed by atoms with Crippen LogP contribution in [0.3, 0.4) is 0 Å². The van der Waals surface area contributed by atoms with Crippen molar-refractivity contribution in [1.29, 1.82) is 0 Å². The van der Waals surface area contributed by atoms with E-state index in [-0.39, 0.29) is 16.4 Å². The quantitative estimate of drug-likeness (QED) is 0.269. The third-order valence-corrected chi connectivity index (χ3v) is 6.76. The van der Waals surface area contributed by atoms with Gasteiger partial charge in [-0.2, -0.15) is 0 Å². The second kappa shape index (κ2) is 12.3. The fourth-order valence-corrected chi connectivity index (χ4v) is 5.15. The molecule has 40 heavy (non-hydrogen) atoms. The van der Waals surface area contributed by atoms with Gasteiger partial charge >= 0.3 is 29.5 Å². The van der Waals surface area contributed by atoms with Crippen molar-refractivity contribution in [2.45, 2.75) is 84.1 Å². The molecule has 1 saturated heterocycles. The monoisotopic (exact) mass is 580 g/mol. The molecule has 1 fully saturated rings. The van der Waals surface area contributed by atoms with Crippen molar-refractivity contribution in [3.8, 4) is 5.75 Å². The van der Waals surface area contributed by atoms with Crippen molar-refractivity contribution in [2.24, 2.45) is 0 Å². The fraction of sp³-hybridized carbons (Fsp3) is 0.519. The molecule has 1 aliphatic carbocycles. The highest BCUT2D eigenvalue weighted by Gasteiger charge is 2.53. The molecule has 0 amide bonds. The van der Waals surface area contributed by atoms with Gasteiger partial charge in [-0.05, 0) is 37.3 Å². The first kappa shape index (κ1) is 29.3. The van der Waals surface area contributed by atoms with E-state index in [1.54, 1.807) is 6.07 Å². The van der Waals surface area contributed by atoms with Crippen LogP contribution in [0.4, 0.5) is 0 Å². The molecule has 0 N–H and O–H groups in total. The molecule has 2 aromatic rings. The summed E-state index contributed by atoms with van der Waals surface area (Å²) in [5, 5.41) is 0.815. The summed E-state index contributed by atoms with van der Waals surface area (Å²) in [6.45, 7) is 4.12. The van der Waals surface area contributed by atoms with Crippen molar-refractivity contribution in [1.82, 2.24) is 0 Å².